The van der Waals surface area contributed by atoms with E-state index in [-0.39, 0.29) is 11.5 Å². The summed E-state index contributed by atoms with van der Waals surface area (Å²) in [4.78, 5) is 29.9. The summed E-state index contributed by atoms with van der Waals surface area (Å²) in [7, 11) is 1.59. The van der Waals surface area contributed by atoms with E-state index in [9.17, 15) is 9.59 Å². The van der Waals surface area contributed by atoms with Gasteiger partial charge in [0.2, 0.25) is 5.91 Å². The first-order valence-corrected chi connectivity index (χ1v) is 6.57. The maximum Gasteiger partial charge on any atom is 0.258 e. The molecular formula is C13H15ClN4O2. The van der Waals surface area contributed by atoms with Gasteiger partial charge in [0.05, 0.1) is 17.4 Å². The van der Waals surface area contributed by atoms with E-state index in [1.165, 1.54) is 0 Å². The fourth-order valence-corrected chi connectivity index (χ4v) is 1.94. The number of aromatic nitrogens is 2. The minimum atomic E-state index is -0.199. The molecule has 6 nitrogen and oxygen atoms in total. The molecule has 0 aliphatic heterocycles. The van der Waals surface area contributed by atoms with Crippen molar-refractivity contribution in [1.29, 1.82) is 0 Å². The van der Waals surface area contributed by atoms with Crippen molar-refractivity contribution in [3.63, 3.8) is 0 Å². The SMILES string of the molecule is CNC(=O)CCNCc1nc2cc(Cl)ccc2c(=O)[nH]1. The Kier molecular flexibility index (Phi) is 4.70. The molecule has 2 rings (SSSR count). The van der Waals surface area contributed by atoms with Gasteiger partial charge in [-0.05, 0) is 18.2 Å². The zero-order valence-corrected chi connectivity index (χ0v) is 11.8. The molecule has 0 aliphatic carbocycles. The predicted molar refractivity (Wildman–Crippen MR) is 77.8 cm³/mol. The Bertz CT molecular complexity index is 684. The summed E-state index contributed by atoms with van der Waals surface area (Å²) in [6, 6.07) is 4.95. The van der Waals surface area contributed by atoms with E-state index in [0.717, 1.165) is 0 Å². The summed E-state index contributed by atoms with van der Waals surface area (Å²) in [5.41, 5.74) is 0.360. The summed E-state index contributed by atoms with van der Waals surface area (Å²) in [5, 5.41) is 6.62. The van der Waals surface area contributed by atoms with Crippen molar-refractivity contribution >= 4 is 28.4 Å². The molecule has 7 heteroatoms. The molecule has 2 aromatic rings. The second-order valence-corrected chi connectivity index (χ2v) is 4.71. The van der Waals surface area contributed by atoms with Crippen molar-refractivity contribution in [2.24, 2.45) is 0 Å². The van der Waals surface area contributed by atoms with Gasteiger partial charge in [-0.15, -0.1) is 0 Å². The number of H-pyrrole nitrogens is 1. The van der Waals surface area contributed by atoms with E-state index in [0.29, 0.717) is 41.3 Å². The van der Waals surface area contributed by atoms with Crippen LogP contribution >= 0.6 is 11.6 Å². The number of rotatable bonds is 5. The zero-order valence-electron chi connectivity index (χ0n) is 11.0. The van der Waals surface area contributed by atoms with Gasteiger partial charge in [0.1, 0.15) is 5.82 Å². The van der Waals surface area contributed by atoms with Crippen molar-refractivity contribution in [3.05, 3.63) is 39.4 Å². The third-order valence-electron chi connectivity index (χ3n) is 2.82. The molecule has 1 heterocycles. The summed E-state index contributed by atoms with van der Waals surface area (Å²) in [5.74, 6) is 0.478. The number of amides is 1. The first-order chi connectivity index (χ1) is 9.60. The number of carbonyl (C=O) groups excluding carboxylic acids is 1. The monoisotopic (exact) mass is 294 g/mol. The third kappa shape index (κ3) is 3.55. The molecule has 0 radical (unpaired) electrons. The summed E-state index contributed by atoms with van der Waals surface area (Å²) >= 11 is 5.89. The van der Waals surface area contributed by atoms with Gasteiger partial charge in [0.25, 0.3) is 5.56 Å². The fraction of sp³-hybridized carbons (Fsp3) is 0.308. The first-order valence-electron chi connectivity index (χ1n) is 6.20. The molecular weight excluding hydrogens is 280 g/mol. The van der Waals surface area contributed by atoms with Crippen LogP contribution in [-0.4, -0.2) is 29.5 Å². The van der Waals surface area contributed by atoms with Crippen LogP contribution in [0.15, 0.2) is 23.0 Å². The molecule has 0 unspecified atom stereocenters. The Hall–Kier alpha value is -1.92. The average Bonchev–Trinajstić information content (AvgIpc) is 2.42. The average molecular weight is 295 g/mol. The number of nitrogens with zero attached hydrogens (tertiary/aromatic N) is 1. The Morgan fingerprint density at radius 1 is 1.45 bits per heavy atom. The lowest BCUT2D eigenvalue weighted by Crippen LogP contribution is -2.25. The Morgan fingerprint density at radius 2 is 2.25 bits per heavy atom. The Balaban J connectivity index is 2.07. The number of hydrogen-bond donors (Lipinski definition) is 3. The lowest BCUT2D eigenvalue weighted by atomic mass is 10.2. The maximum absolute atomic E-state index is 11.9. The molecule has 1 amide bonds. The number of halogens is 1. The number of hydrogen-bond acceptors (Lipinski definition) is 4. The molecule has 3 N–H and O–H groups in total. The lowest BCUT2D eigenvalue weighted by molar-refractivity contribution is -0.120. The predicted octanol–water partition coefficient (Wildman–Crippen LogP) is 0.802. The largest absolute Gasteiger partial charge is 0.359 e. The van der Waals surface area contributed by atoms with E-state index in [1.54, 1.807) is 25.2 Å². The van der Waals surface area contributed by atoms with Gasteiger partial charge in [0, 0.05) is 25.0 Å². The fourth-order valence-electron chi connectivity index (χ4n) is 1.78. The molecule has 0 fully saturated rings. The molecule has 106 valence electrons. The summed E-state index contributed by atoms with van der Waals surface area (Å²) in [6.07, 6.45) is 0.375. The topological polar surface area (TPSA) is 86.9 Å². The van der Waals surface area contributed by atoms with Gasteiger partial charge in [0.15, 0.2) is 0 Å². The van der Waals surface area contributed by atoms with Crippen molar-refractivity contribution in [3.8, 4) is 0 Å². The standard InChI is InChI=1S/C13H15ClN4O2/c1-15-12(19)4-5-16-7-11-17-10-6-8(14)2-3-9(10)13(20)18-11/h2-3,6,16H,4-5,7H2,1H3,(H,15,19)(H,17,18,20). The minimum absolute atomic E-state index is 0.0377. The number of carbonyl (C=O) groups is 1. The number of benzene rings is 1. The quantitative estimate of drug-likeness (QED) is 0.712. The molecule has 0 saturated heterocycles. The van der Waals surface area contributed by atoms with Crippen molar-refractivity contribution < 1.29 is 4.79 Å². The highest BCUT2D eigenvalue weighted by Crippen LogP contribution is 2.14. The Labute approximate surface area is 120 Å². The normalized spacial score (nSPS) is 10.7. The number of fused-ring (bicyclic) bond motifs is 1. The molecule has 1 aromatic heterocycles. The van der Waals surface area contributed by atoms with Crippen LogP contribution < -0.4 is 16.2 Å². The van der Waals surface area contributed by atoms with Crippen molar-refractivity contribution in [2.45, 2.75) is 13.0 Å². The van der Waals surface area contributed by atoms with Crippen LogP contribution in [-0.2, 0) is 11.3 Å². The van der Waals surface area contributed by atoms with Gasteiger partial charge in [-0.1, -0.05) is 11.6 Å². The van der Waals surface area contributed by atoms with Gasteiger partial charge in [-0.2, -0.15) is 0 Å². The van der Waals surface area contributed by atoms with Crippen LogP contribution in [0.2, 0.25) is 5.02 Å². The molecule has 0 spiro atoms. The van der Waals surface area contributed by atoms with Crippen LogP contribution in [0.5, 0.6) is 0 Å². The summed E-state index contributed by atoms with van der Waals surface area (Å²) < 4.78 is 0. The van der Waals surface area contributed by atoms with Gasteiger partial charge >= 0.3 is 0 Å². The van der Waals surface area contributed by atoms with E-state index < -0.39 is 0 Å². The molecule has 0 saturated carbocycles. The number of nitrogens with one attached hydrogen (secondary N) is 3. The highest BCUT2D eigenvalue weighted by Gasteiger charge is 2.04. The third-order valence-corrected chi connectivity index (χ3v) is 3.05. The molecule has 20 heavy (non-hydrogen) atoms. The molecule has 0 bridgehead atoms. The first kappa shape index (κ1) is 14.5. The second-order valence-electron chi connectivity index (χ2n) is 4.27. The maximum atomic E-state index is 11.9. The molecule has 1 aromatic carbocycles. The van der Waals surface area contributed by atoms with Crippen LogP contribution in [0.25, 0.3) is 10.9 Å². The second kappa shape index (κ2) is 6.49. The summed E-state index contributed by atoms with van der Waals surface area (Å²) in [6.45, 7) is 0.894. The highest BCUT2D eigenvalue weighted by molar-refractivity contribution is 6.31. The smallest absolute Gasteiger partial charge is 0.258 e. The van der Waals surface area contributed by atoms with Gasteiger partial charge in [-0.25, -0.2) is 4.98 Å². The highest BCUT2D eigenvalue weighted by atomic mass is 35.5. The number of aromatic amines is 1. The van der Waals surface area contributed by atoms with Crippen LogP contribution in [0.3, 0.4) is 0 Å². The van der Waals surface area contributed by atoms with E-state index in [4.69, 9.17) is 11.6 Å². The van der Waals surface area contributed by atoms with Gasteiger partial charge < -0.3 is 15.6 Å². The minimum Gasteiger partial charge on any atom is -0.359 e. The lowest BCUT2D eigenvalue weighted by Gasteiger charge is -2.05. The Morgan fingerprint density at radius 3 is 3.00 bits per heavy atom. The van der Waals surface area contributed by atoms with E-state index in [2.05, 4.69) is 20.6 Å². The van der Waals surface area contributed by atoms with Crippen LogP contribution in [0, 0.1) is 0 Å². The zero-order chi connectivity index (χ0) is 14.5. The van der Waals surface area contributed by atoms with Crippen LogP contribution in [0.1, 0.15) is 12.2 Å². The van der Waals surface area contributed by atoms with Crippen molar-refractivity contribution in [2.75, 3.05) is 13.6 Å². The van der Waals surface area contributed by atoms with Crippen LogP contribution in [0.4, 0.5) is 0 Å². The van der Waals surface area contributed by atoms with Gasteiger partial charge in [-0.3, -0.25) is 9.59 Å². The molecule has 0 atom stereocenters. The van der Waals surface area contributed by atoms with Crippen molar-refractivity contribution in [1.82, 2.24) is 20.6 Å². The molecule has 0 aliphatic rings. The van der Waals surface area contributed by atoms with E-state index in [1.807, 2.05) is 0 Å². The van der Waals surface area contributed by atoms with E-state index >= 15 is 0 Å².